The van der Waals surface area contributed by atoms with Crippen molar-refractivity contribution in [2.75, 3.05) is 25.6 Å². The molecule has 2 fully saturated rings. The summed E-state index contributed by atoms with van der Waals surface area (Å²) in [6, 6.07) is 6.60. The Morgan fingerprint density at radius 2 is 1.90 bits per heavy atom. The van der Waals surface area contributed by atoms with Crippen molar-refractivity contribution in [3.05, 3.63) is 29.3 Å². The Bertz CT molecular complexity index is 828. The molecule has 7 nitrogen and oxygen atoms in total. The molecule has 1 aromatic rings. The topological polar surface area (TPSA) is 81.8 Å². The number of imide groups is 1. The van der Waals surface area contributed by atoms with Gasteiger partial charge in [-0.2, -0.15) is 0 Å². The van der Waals surface area contributed by atoms with Crippen LogP contribution in [0.4, 0.5) is 10.5 Å². The summed E-state index contributed by atoms with van der Waals surface area (Å²) in [5.41, 5.74) is -0.0658. The third-order valence-electron chi connectivity index (χ3n) is 6.25. The van der Waals surface area contributed by atoms with E-state index in [9.17, 15) is 14.4 Å². The molecule has 164 valence electrons. The molecule has 8 heteroatoms. The number of halogens is 1. The molecule has 0 atom stereocenters. The lowest BCUT2D eigenvalue weighted by molar-refractivity contribution is -0.135. The molecule has 1 spiro atoms. The van der Waals surface area contributed by atoms with Crippen LogP contribution in [-0.4, -0.2) is 53.4 Å². The summed E-state index contributed by atoms with van der Waals surface area (Å²) in [7, 11) is 1.70. The molecule has 0 bridgehead atoms. The predicted octanol–water partition coefficient (Wildman–Crippen LogP) is 3.69. The van der Waals surface area contributed by atoms with E-state index in [1.165, 1.54) is 4.90 Å². The van der Waals surface area contributed by atoms with Crippen molar-refractivity contribution in [2.45, 2.75) is 52.0 Å². The van der Waals surface area contributed by atoms with Crippen LogP contribution in [0, 0.1) is 11.3 Å². The Morgan fingerprint density at radius 3 is 2.50 bits per heavy atom. The summed E-state index contributed by atoms with van der Waals surface area (Å²) in [6.07, 6.45) is 3.15. The number of hydrogen-bond acceptors (Lipinski definition) is 4. The van der Waals surface area contributed by atoms with Crippen LogP contribution >= 0.6 is 11.6 Å². The van der Waals surface area contributed by atoms with E-state index >= 15 is 0 Å². The molecule has 1 saturated carbocycles. The zero-order valence-corrected chi connectivity index (χ0v) is 18.9. The number of hydrogen-bond donors (Lipinski definition) is 2. The number of amides is 4. The molecule has 3 rings (SSSR count). The Morgan fingerprint density at radius 1 is 1.27 bits per heavy atom. The van der Waals surface area contributed by atoms with E-state index in [1.807, 2.05) is 0 Å². The van der Waals surface area contributed by atoms with Crippen LogP contribution in [0.5, 0.6) is 0 Å². The van der Waals surface area contributed by atoms with Crippen molar-refractivity contribution >= 4 is 35.1 Å². The second-order valence-corrected chi connectivity index (χ2v) is 9.98. The minimum atomic E-state index is -0.792. The number of urea groups is 1. The second kappa shape index (κ2) is 8.55. The lowest BCUT2D eigenvalue weighted by Gasteiger charge is -2.40. The molecule has 1 aromatic carbocycles. The average Bonchev–Trinajstić information content (AvgIpc) is 2.87. The zero-order chi connectivity index (χ0) is 22.1. The van der Waals surface area contributed by atoms with Crippen LogP contribution in [0.2, 0.25) is 5.02 Å². The van der Waals surface area contributed by atoms with E-state index in [0.717, 1.165) is 12.8 Å². The lowest BCUT2D eigenvalue weighted by Crippen LogP contribution is -2.51. The van der Waals surface area contributed by atoms with Crippen molar-refractivity contribution < 1.29 is 14.4 Å². The van der Waals surface area contributed by atoms with E-state index in [-0.39, 0.29) is 36.5 Å². The highest BCUT2D eigenvalue weighted by Gasteiger charge is 2.53. The van der Waals surface area contributed by atoms with Gasteiger partial charge < -0.3 is 10.6 Å². The number of rotatable bonds is 5. The largest absolute Gasteiger partial charge is 0.326 e. The van der Waals surface area contributed by atoms with Crippen LogP contribution in [-0.2, 0) is 9.59 Å². The van der Waals surface area contributed by atoms with Gasteiger partial charge in [0.1, 0.15) is 5.54 Å². The maximum absolute atomic E-state index is 13.1. The standard InChI is InChI=1S/C22H31ClN4O3/c1-21(2,3)15-9-11-22(12-10-15)19(29)27(20(30)25-22)14-26(4)13-18(28)24-17-8-6-5-7-16(17)23/h5-8,15H,9-14H2,1-4H3,(H,24,28)(H,25,30). The average molecular weight is 435 g/mol. The quantitative estimate of drug-likeness (QED) is 0.692. The molecule has 0 unspecified atom stereocenters. The molecule has 1 heterocycles. The molecule has 0 aromatic heterocycles. The van der Waals surface area contributed by atoms with Gasteiger partial charge in [0, 0.05) is 0 Å². The van der Waals surface area contributed by atoms with Gasteiger partial charge >= 0.3 is 6.03 Å². The van der Waals surface area contributed by atoms with E-state index in [4.69, 9.17) is 11.6 Å². The Kier molecular flexibility index (Phi) is 6.43. The van der Waals surface area contributed by atoms with Gasteiger partial charge in [0.15, 0.2) is 0 Å². The number of nitrogens with one attached hydrogen (secondary N) is 2. The highest BCUT2D eigenvalue weighted by molar-refractivity contribution is 6.33. The third-order valence-corrected chi connectivity index (χ3v) is 6.58. The van der Waals surface area contributed by atoms with E-state index in [1.54, 1.807) is 36.2 Å². The van der Waals surface area contributed by atoms with Crippen LogP contribution in [0.3, 0.4) is 0 Å². The molecular formula is C22H31ClN4O3. The number of anilines is 1. The Balaban J connectivity index is 1.56. The summed E-state index contributed by atoms with van der Waals surface area (Å²) in [6.45, 7) is 6.76. The molecule has 30 heavy (non-hydrogen) atoms. The molecule has 2 aliphatic rings. The first-order chi connectivity index (χ1) is 14.0. The number of para-hydroxylation sites is 1. The fourth-order valence-electron chi connectivity index (χ4n) is 4.41. The van der Waals surface area contributed by atoms with Crippen molar-refractivity contribution in [1.29, 1.82) is 0 Å². The van der Waals surface area contributed by atoms with Crippen molar-refractivity contribution in [1.82, 2.24) is 15.1 Å². The van der Waals surface area contributed by atoms with Crippen molar-refractivity contribution in [3.8, 4) is 0 Å². The van der Waals surface area contributed by atoms with Gasteiger partial charge in [-0.15, -0.1) is 0 Å². The van der Waals surface area contributed by atoms with Gasteiger partial charge in [-0.05, 0) is 56.2 Å². The van der Waals surface area contributed by atoms with Crippen LogP contribution in [0.25, 0.3) is 0 Å². The third kappa shape index (κ3) is 4.78. The summed E-state index contributed by atoms with van der Waals surface area (Å²) in [5, 5.41) is 6.14. The highest BCUT2D eigenvalue weighted by Crippen LogP contribution is 2.43. The lowest BCUT2D eigenvalue weighted by atomic mass is 9.67. The van der Waals surface area contributed by atoms with E-state index in [2.05, 4.69) is 31.4 Å². The molecular weight excluding hydrogens is 404 g/mol. The monoisotopic (exact) mass is 434 g/mol. The number of likely N-dealkylation sites (N-methyl/N-ethyl adjacent to an activating group) is 1. The van der Waals surface area contributed by atoms with Gasteiger partial charge in [-0.3, -0.25) is 14.5 Å². The highest BCUT2D eigenvalue weighted by atomic mass is 35.5. The smallest absolute Gasteiger partial charge is 0.324 e. The number of carbonyl (C=O) groups excluding carboxylic acids is 3. The van der Waals surface area contributed by atoms with Gasteiger partial charge in [0.2, 0.25) is 5.91 Å². The first-order valence-corrected chi connectivity index (χ1v) is 10.8. The predicted molar refractivity (Wildman–Crippen MR) is 117 cm³/mol. The summed E-state index contributed by atoms with van der Waals surface area (Å²) in [4.78, 5) is 40.8. The fourth-order valence-corrected chi connectivity index (χ4v) is 4.59. The fraction of sp³-hybridized carbons (Fsp3) is 0.591. The minimum absolute atomic E-state index is 0.0291. The number of nitrogens with zero attached hydrogens (tertiary/aromatic N) is 2. The molecule has 1 aliphatic carbocycles. The molecule has 0 radical (unpaired) electrons. The summed E-state index contributed by atoms with van der Waals surface area (Å²) >= 11 is 6.07. The molecule has 4 amide bonds. The first kappa shape index (κ1) is 22.6. The SMILES string of the molecule is CN(CC(=O)Nc1ccccc1Cl)CN1C(=O)NC2(CCC(C(C)(C)C)CC2)C1=O. The van der Waals surface area contributed by atoms with Crippen molar-refractivity contribution in [3.63, 3.8) is 0 Å². The van der Waals surface area contributed by atoms with E-state index in [0.29, 0.717) is 29.5 Å². The van der Waals surface area contributed by atoms with Crippen molar-refractivity contribution in [2.24, 2.45) is 11.3 Å². The molecule has 1 saturated heterocycles. The molecule has 2 N–H and O–H groups in total. The van der Waals surface area contributed by atoms with E-state index < -0.39 is 5.54 Å². The normalized spacial score (nSPS) is 24.5. The number of benzene rings is 1. The maximum atomic E-state index is 13.1. The van der Waals surface area contributed by atoms with Gasteiger partial charge in [0.05, 0.1) is 23.9 Å². The Hall–Kier alpha value is -2.12. The second-order valence-electron chi connectivity index (χ2n) is 9.57. The maximum Gasteiger partial charge on any atom is 0.326 e. The zero-order valence-electron chi connectivity index (χ0n) is 18.1. The van der Waals surface area contributed by atoms with Gasteiger partial charge in [0.25, 0.3) is 5.91 Å². The van der Waals surface area contributed by atoms with Gasteiger partial charge in [-0.25, -0.2) is 9.69 Å². The van der Waals surface area contributed by atoms with Crippen LogP contribution < -0.4 is 10.6 Å². The van der Waals surface area contributed by atoms with Gasteiger partial charge in [-0.1, -0.05) is 44.5 Å². The molecule has 1 aliphatic heterocycles. The Labute approximate surface area is 183 Å². The van der Waals surface area contributed by atoms with Crippen LogP contribution in [0.15, 0.2) is 24.3 Å². The van der Waals surface area contributed by atoms with Crippen LogP contribution in [0.1, 0.15) is 46.5 Å². The first-order valence-electron chi connectivity index (χ1n) is 10.4. The summed E-state index contributed by atoms with van der Waals surface area (Å²) < 4.78 is 0. The summed E-state index contributed by atoms with van der Waals surface area (Å²) in [5.74, 6) is 0.0920. The minimum Gasteiger partial charge on any atom is -0.324 e. The number of carbonyl (C=O) groups is 3.